The van der Waals surface area contributed by atoms with Gasteiger partial charge in [0, 0.05) is 37.3 Å². The smallest absolute Gasteiger partial charge is 0.307 e. The lowest BCUT2D eigenvalue weighted by Crippen LogP contribution is -2.45. The number of amides is 2. The van der Waals surface area contributed by atoms with Gasteiger partial charge in [0.05, 0.1) is 21.3 Å². The maximum atomic E-state index is 13.0. The van der Waals surface area contributed by atoms with Crippen molar-refractivity contribution in [3.63, 3.8) is 0 Å². The molecule has 1 unspecified atom stereocenters. The van der Waals surface area contributed by atoms with Crippen LogP contribution in [-0.2, 0) is 21.1 Å². The second-order valence-corrected chi connectivity index (χ2v) is 9.74. The highest BCUT2D eigenvalue weighted by Gasteiger charge is 2.29. The fourth-order valence-electron chi connectivity index (χ4n) is 2.90. The number of piperidine rings is 1. The van der Waals surface area contributed by atoms with Crippen molar-refractivity contribution in [2.45, 2.75) is 31.6 Å². The van der Waals surface area contributed by atoms with E-state index in [9.17, 15) is 13.8 Å². The fraction of sp³-hybridized carbons (Fsp3) is 0.688. The van der Waals surface area contributed by atoms with E-state index in [4.69, 9.17) is 11.6 Å². The van der Waals surface area contributed by atoms with E-state index in [-0.39, 0.29) is 21.9 Å². The third kappa shape index (κ3) is 5.05. The third-order valence-electron chi connectivity index (χ3n) is 4.37. The molecule has 8 nitrogen and oxygen atoms in total. The van der Waals surface area contributed by atoms with Crippen molar-refractivity contribution in [3.8, 4) is 0 Å². The molecule has 0 aliphatic carbocycles. The average molecular weight is 404 g/mol. The number of carbonyl (C=O) groups is 2. The monoisotopic (exact) mass is 403 g/mol. The summed E-state index contributed by atoms with van der Waals surface area (Å²) in [4.78, 5) is 28.1. The zero-order valence-corrected chi connectivity index (χ0v) is 17.2. The predicted molar refractivity (Wildman–Crippen MR) is 102 cm³/mol. The Balaban J connectivity index is 2.07. The molecule has 1 aliphatic rings. The Labute approximate surface area is 159 Å². The molecule has 1 aromatic rings. The Morgan fingerprint density at radius 3 is 2.50 bits per heavy atom. The van der Waals surface area contributed by atoms with Crippen molar-refractivity contribution >= 4 is 33.1 Å². The highest BCUT2D eigenvalue weighted by molar-refractivity contribution is 7.93. The number of carbonyl (C=O) groups excluding carboxylic acids is 2. The van der Waals surface area contributed by atoms with E-state index in [2.05, 4.69) is 9.46 Å². The van der Waals surface area contributed by atoms with Gasteiger partial charge in [0.25, 0.3) is 0 Å². The Morgan fingerprint density at radius 1 is 1.38 bits per heavy atom. The Hall–Kier alpha value is -1.45. The standard InChI is InChI=1S/C16H26ClN5O3S/c1-5-22-10-13(17)15(18-22)16(24)19-26(4,25)12-6-8-21(9-7-12)14(23)11-20(2)3/h10,12H,5-9,11H2,1-4H3. The molecule has 1 saturated heterocycles. The molecule has 2 amide bonds. The minimum absolute atomic E-state index is 0.0293. The van der Waals surface area contributed by atoms with E-state index in [1.807, 2.05) is 25.9 Å². The maximum absolute atomic E-state index is 13.0. The molecule has 0 spiro atoms. The van der Waals surface area contributed by atoms with Gasteiger partial charge >= 0.3 is 5.91 Å². The zero-order valence-electron chi connectivity index (χ0n) is 15.6. The molecule has 146 valence electrons. The highest BCUT2D eigenvalue weighted by Crippen LogP contribution is 2.21. The molecule has 0 N–H and O–H groups in total. The van der Waals surface area contributed by atoms with Crippen LogP contribution in [0.15, 0.2) is 10.6 Å². The summed E-state index contributed by atoms with van der Waals surface area (Å²) in [7, 11) is 0.944. The number of aromatic nitrogens is 2. The van der Waals surface area contributed by atoms with Crippen molar-refractivity contribution in [2.75, 3.05) is 40.0 Å². The van der Waals surface area contributed by atoms with Crippen LogP contribution in [0.2, 0.25) is 5.02 Å². The van der Waals surface area contributed by atoms with Gasteiger partial charge < -0.3 is 9.80 Å². The number of likely N-dealkylation sites (tertiary alicyclic amines) is 1. The first-order valence-electron chi connectivity index (χ1n) is 8.54. The van der Waals surface area contributed by atoms with Gasteiger partial charge in [0.15, 0.2) is 5.69 Å². The molecule has 0 bridgehead atoms. The summed E-state index contributed by atoms with van der Waals surface area (Å²) in [6.45, 7) is 3.86. The Kier molecular flexibility index (Phi) is 6.81. The molecule has 1 aromatic heterocycles. The van der Waals surface area contributed by atoms with E-state index < -0.39 is 15.6 Å². The number of aryl methyl sites for hydroxylation is 1. The number of likely N-dealkylation sites (N-methyl/N-ethyl adjacent to an activating group) is 1. The molecule has 10 heteroatoms. The molecule has 0 saturated carbocycles. The molecule has 1 aliphatic heterocycles. The SMILES string of the molecule is CCn1cc(Cl)c(C(=O)N=S(C)(=O)C2CCN(C(=O)CN(C)C)CC2)n1. The van der Waals surface area contributed by atoms with Crippen LogP contribution in [-0.4, -0.2) is 80.8 Å². The molecule has 1 atom stereocenters. The number of halogens is 1. The fourth-order valence-corrected chi connectivity index (χ4v) is 4.78. The van der Waals surface area contributed by atoms with E-state index >= 15 is 0 Å². The van der Waals surface area contributed by atoms with Gasteiger partial charge in [-0.05, 0) is 33.9 Å². The molecular formula is C16H26ClN5O3S. The van der Waals surface area contributed by atoms with Crippen LogP contribution in [0.25, 0.3) is 0 Å². The van der Waals surface area contributed by atoms with Gasteiger partial charge in [-0.2, -0.15) is 9.46 Å². The minimum Gasteiger partial charge on any atom is -0.342 e. The average Bonchev–Trinajstić information content (AvgIpc) is 2.95. The highest BCUT2D eigenvalue weighted by atomic mass is 35.5. The summed E-state index contributed by atoms with van der Waals surface area (Å²) in [5, 5.41) is 4.05. The normalized spacial score (nSPS) is 18.0. The van der Waals surface area contributed by atoms with Crippen LogP contribution in [0.1, 0.15) is 30.3 Å². The third-order valence-corrected chi connectivity index (χ3v) is 6.89. The second kappa shape index (κ2) is 8.49. The van der Waals surface area contributed by atoms with Crippen LogP contribution < -0.4 is 0 Å². The van der Waals surface area contributed by atoms with E-state index in [1.54, 1.807) is 11.1 Å². The van der Waals surface area contributed by atoms with Gasteiger partial charge in [0.2, 0.25) is 5.91 Å². The molecule has 2 heterocycles. The van der Waals surface area contributed by atoms with Crippen molar-refractivity contribution in [2.24, 2.45) is 4.36 Å². The largest absolute Gasteiger partial charge is 0.342 e. The van der Waals surface area contributed by atoms with Gasteiger partial charge in [-0.3, -0.25) is 14.3 Å². The summed E-state index contributed by atoms with van der Waals surface area (Å²) in [5.41, 5.74) is 0.0293. The van der Waals surface area contributed by atoms with E-state index in [1.165, 1.54) is 10.9 Å². The lowest BCUT2D eigenvalue weighted by molar-refractivity contribution is -0.132. The predicted octanol–water partition coefficient (Wildman–Crippen LogP) is 1.35. The quantitative estimate of drug-likeness (QED) is 0.740. The van der Waals surface area contributed by atoms with E-state index in [0.29, 0.717) is 39.0 Å². The zero-order chi connectivity index (χ0) is 19.5. The first-order valence-corrected chi connectivity index (χ1v) is 10.9. The lowest BCUT2D eigenvalue weighted by atomic mass is 10.1. The van der Waals surface area contributed by atoms with Gasteiger partial charge in [0.1, 0.15) is 0 Å². The molecule has 2 rings (SSSR count). The van der Waals surface area contributed by atoms with Gasteiger partial charge in [-0.15, -0.1) is 0 Å². The first-order chi connectivity index (χ1) is 12.1. The van der Waals surface area contributed by atoms with Crippen LogP contribution in [0.4, 0.5) is 0 Å². The van der Waals surface area contributed by atoms with Crippen molar-refractivity contribution in [1.82, 2.24) is 19.6 Å². The molecule has 26 heavy (non-hydrogen) atoms. The second-order valence-electron chi connectivity index (χ2n) is 6.76. The summed E-state index contributed by atoms with van der Waals surface area (Å²) >= 11 is 6.02. The number of rotatable bonds is 5. The van der Waals surface area contributed by atoms with Crippen LogP contribution >= 0.6 is 11.6 Å². The van der Waals surface area contributed by atoms with Crippen LogP contribution in [0.3, 0.4) is 0 Å². The maximum Gasteiger partial charge on any atom is 0.307 e. The molecule has 1 fully saturated rings. The van der Waals surface area contributed by atoms with Crippen molar-refractivity contribution < 1.29 is 13.8 Å². The molecule has 0 aromatic carbocycles. The van der Waals surface area contributed by atoms with Crippen molar-refractivity contribution in [3.05, 3.63) is 16.9 Å². The molecular weight excluding hydrogens is 378 g/mol. The summed E-state index contributed by atoms with van der Waals surface area (Å²) in [6.07, 6.45) is 4.17. The lowest BCUT2D eigenvalue weighted by Gasteiger charge is -2.33. The van der Waals surface area contributed by atoms with Crippen LogP contribution in [0, 0.1) is 0 Å². The number of nitrogens with zero attached hydrogens (tertiary/aromatic N) is 5. The first kappa shape index (κ1) is 20.9. The summed E-state index contributed by atoms with van der Waals surface area (Å²) in [6, 6.07) is 0. The minimum atomic E-state index is -2.75. The number of hydrogen-bond donors (Lipinski definition) is 0. The topological polar surface area (TPSA) is 87.9 Å². The Morgan fingerprint density at radius 2 is 2.00 bits per heavy atom. The molecule has 0 radical (unpaired) electrons. The summed E-state index contributed by atoms with van der Waals surface area (Å²) < 4.78 is 18.5. The summed E-state index contributed by atoms with van der Waals surface area (Å²) in [5.74, 6) is -0.596. The number of hydrogen-bond acceptors (Lipinski definition) is 5. The van der Waals surface area contributed by atoms with E-state index in [0.717, 1.165) is 0 Å². The van der Waals surface area contributed by atoms with Gasteiger partial charge in [-0.25, -0.2) is 4.21 Å². The van der Waals surface area contributed by atoms with Crippen molar-refractivity contribution in [1.29, 1.82) is 0 Å². The Bertz CT molecular complexity index is 790. The van der Waals surface area contributed by atoms with Crippen LogP contribution in [0.5, 0.6) is 0 Å². The van der Waals surface area contributed by atoms with Gasteiger partial charge in [-0.1, -0.05) is 11.6 Å².